The number of hydrogen-bond donors (Lipinski definition) is 0. The Morgan fingerprint density at radius 2 is 2.20 bits per heavy atom. The summed E-state index contributed by atoms with van der Waals surface area (Å²) in [4.78, 5) is 4.12. The van der Waals surface area contributed by atoms with Gasteiger partial charge in [-0.25, -0.2) is 0 Å². The quantitative estimate of drug-likeness (QED) is 0.747. The average molecular weight is 224 g/mol. The minimum absolute atomic E-state index is 0.458. The summed E-state index contributed by atoms with van der Waals surface area (Å²) in [5, 5.41) is 7.83. The Morgan fingerprint density at radius 3 is 2.93 bits per heavy atom. The smallest absolute Gasteiger partial charge is 0.266 e. The predicted molar refractivity (Wildman–Crippen MR) is 56.6 cm³/mol. The maximum atomic E-state index is 5.57. The van der Waals surface area contributed by atoms with Crippen LogP contribution in [0.1, 0.15) is 12.3 Å². The third kappa shape index (κ3) is 2.53. The summed E-state index contributed by atoms with van der Waals surface area (Å²) in [5.74, 6) is 1.66. The summed E-state index contributed by atoms with van der Waals surface area (Å²) in [7, 11) is 0. The van der Waals surface area contributed by atoms with E-state index in [2.05, 4.69) is 15.2 Å². The molecule has 2 heterocycles. The van der Waals surface area contributed by atoms with Gasteiger partial charge in [0, 0.05) is 18.5 Å². The van der Waals surface area contributed by atoms with Gasteiger partial charge in [-0.3, -0.25) is 4.98 Å². The van der Waals surface area contributed by atoms with E-state index in [0.29, 0.717) is 29.8 Å². The van der Waals surface area contributed by atoms with Crippen molar-refractivity contribution in [3.8, 4) is 11.6 Å². The van der Waals surface area contributed by atoms with Gasteiger partial charge < -0.3 is 4.42 Å². The largest absolute Gasteiger partial charge is 0.419 e. The highest BCUT2D eigenvalue weighted by atomic mass is 35.5. The summed E-state index contributed by atoms with van der Waals surface area (Å²) < 4.78 is 5.43. The fraction of sp³-hybridized carbons (Fsp3) is 0.300. The van der Waals surface area contributed by atoms with Crippen LogP contribution in [0.4, 0.5) is 0 Å². The van der Waals surface area contributed by atoms with E-state index in [0.717, 1.165) is 6.42 Å². The summed E-state index contributed by atoms with van der Waals surface area (Å²) in [6.45, 7) is 0. The van der Waals surface area contributed by atoms with Crippen LogP contribution >= 0.6 is 11.6 Å². The second-order valence-electron chi connectivity index (χ2n) is 3.01. The molecule has 2 aromatic rings. The van der Waals surface area contributed by atoms with E-state index in [9.17, 15) is 0 Å². The van der Waals surface area contributed by atoms with E-state index >= 15 is 0 Å². The van der Waals surface area contributed by atoms with Crippen molar-refractivity contribution in [1.29, 1.82) is 0 Å². The number of hydrogen-bond acceptors (Lipinski definition) is 4. The molecule has 5 heteroatoms. The lowest BCUT2D eigenvalue weighted by Crippen LogP contribution is -1.85. The molecule has 0 radical (unpaired) electrons. The van der Waals surface area contributed by atoms with Gasteiger partial charge in [0.25, 0.3) is 5.89 Å². The molecule has 0 saturated heterocycles. The minimum Gasteiger partial charge on any atom is -0.419 e. The lowest BCUT2D eigenvalue weighted by atomic mass is 10.3. The summed E-state index contributed by atoms with van der Waals surface area (Å²) in [5.41, 5.74) is 0.696. The van der Waals surface area contributed by atoms with Gasteiger partial charge in [-0.1, -0.05) is 6.07 Å². The van der Waals surface area contributed by atoms with Gasteiger partial charge in [-0.2, -0.15) is 0 Å². The Bertz CT molecular complexity index is 416. The molecule has 0 saturated carbocycles. The van der Waals surface area contributed by atoms with Gasteiger partial charge in [-0.15, -0.1) is 21.8 Å². The molecule has 4 nitrogen and oxygen atoms in total. The first-order chi connectivity index (χ1) is 7.40. The SMILES string of the molecule is ClCCCc1nnc(-c2ccccn2)o1. The first-order valence-electron chi connectivity index (χ1n) is 4.70. The summed E-state index contributed by atoms with van der Waals surface area (Å²) in [6, 6.07) is 5.55. The van der Waals surface area contributed by atoms with E-state index < -0.39 is 0 Å². The molecule has 0 N–H and O–H groups in total. The highest BCUT2D eigenvalue weighted by molar-refractivity contribution is 6.17. The minimum atomic E-state index is 0.458. The van der Waals surface area contributed by atoms with Gasteiger partial charge in [0.1, 0.15) is 5.69 Å². The number of rotatable bonds is 4. The van der Waals surface area contributed by atoms with Gasteiger partial charge in [0.2, 0.25) is 5.89 Å². The maximum Gasteiger partial charge on any atom is 0.266 e. The van der Waals surface area contributed by atoms with Crippen molar-refractivity contribution >= 4 is 11.6 Å². The topological polar surface area (TPSA) is 51.8 Å². The molecule has 2 aromatic heterocycles. The van der Waals surface area contributed by atoms with Crippen LogP contribution in [-0.4, -0.2) is 21.1 Å². The van der Waals surface area contributed by atoms with E-state index in [1.54, 1.807) is 6.20 Å². The Balaban J connectivity index is 2.14. The number of pyridine rings is 1. The molecule has 0 unspecified atom stereocenters. The number of aryl methyl sites for hydroxylation is 1. The monoisotopic (exact) mass is 223 g/mol. The molecule has 0 aromatic carbocycles. The number of nitrogens with zero attached hydrogens (tertiary/aromatic N) is 3. The molecule has 0 amide bonds. The third-order valence-electron chi connectivity index (χ3n) is 1.88. The van der Waals surface area contributed by atoms with Crippen molar-refractivity contribution in [3.05, 3.63) is 30.3 Å². The van der Waals surface area contributed by atoms with Gasteiger partial charge in [0.05, 0.1) is 0 Å². The average Bonchev–Trinajstić information content (AvgIpc) is 2.76. The molecule has 0 aliphatic carbocycles. The highest BCUT2D eigenvalue weighted by Crippen LogP contribution is 2.14. The van der Waals surface area contributed by atoms with E-state index in [4.69, 9.17) is 16.0 Å². The number of alkyl halides is 1. The number of halogens is 1. The van der Waals surface area contributed by atoms with Crippen LogP contribution in [0.25, 0.3) is 11.6 Å². The van der Waals surface area contributed by atoms with Crippen molar-refractivity contribution in [2.75, 3.05) is 5.88 Å². The Hall–Kier alpha value is -1.42. The van der Waals surface area contributed by atoms with Crippen LogP contribution in [0.15, 0.2) is 28.8 Å². The maximum absolute atomic E-state index is 5.57. The Kier molecular flexibility index (Phi) is 3.29. The van der Waals surface area contributed by atoms with E-state index in [1.165, 1.54) is 0 Å². The standard InChI is InChI=1S/C10H10ClN3O/c11-6-3-5-9-13-14-10(15-9)8-4-1-2-7-12-8/h1-2,4,7H,3,5-6H2. The zero-order valence-corrected chi connectivity index (χ0v) is 8.81. The molecule has 15 heavy (non-hydrogen) atoms. The van der Waals surface area contributed by atoms with Crippen molar-refractivity contribution in [1.82, 2.24) is 15.2 Å². The zero-order chi connectivity index (χ0) is 10.5. The van der Waals surface area contributed by atoms with E-state index in [-0.39, 0.29) is 0 Å². The molecular formula is C10H10ClN3O. The first kappa shape index (κ1) is 10.1. The second-order valence-corrected chi connectivity index (χ2v) is 3.39. The fourth-order valence-electron chi connectivity index (χ4n) is 1.17. The lowest BCUT2D eigenvalue weighted by molar-refractivity contribution is 0.501. The van der Waals surface area contributed by atoms with E-state index in [1.807, 2.05) is 18.2 Å². The Labute approximate surface area is 92.3 Å². The molecule has 0 spiro atoms. The van der Waals surface area contributed by atoms with Gasteiger partial charge in [0.15, 0.2) is 0 Å². The van der Waals surface area contributed by atoms with Crippen molar-refractivity contribution in [2.24, 2.45) is 0 Å². The van der Waals surface area contributed by atoms with Crippen LogP contribution in [0.3, 0.4) is 0 Å². The van der Waals surface area contributed by atoms with Crippen molar-refractivity contribution < 1.29 is 4.42 Å². The predicted octanol–water partition coefficient (Wildman–Crippen LogP) is 2.30. The van der Waals surface area contributed by atoms with Gasteiger partial charge in [-0.05, 0) is 18.6 Å². The van der Waals surface area contributed by atoms with Crippen LogP contribution < -0.4 is 0 Å². The normalized spacial score (nSPS) is 10.5. The fourth-order valence-corrected chi connectivity index (χ4v) is 1.30. The lowest BCUT2D eigenvalue weighted by Gasteiger charge is -1.91. The molecule has 0 bridgehead atoms. The third-order valence-corrected chi connectivity index (χ3v) is 2.14. The molecule has 0 aliphatic heterocycles. The summed E-state index contributed by atoms with van der Waals surface area (Å²) >= 11 is 5.57. The van der Waals surface area contributed by atoms with Crippen molar-refractivity contribution in [3.63, 3.8) is 0 Å². The second kappa shape index (κ2) is 4.89. The van der Waals surface area contributed by atoms with Crippen molar-refractivity contribution in [2.45, 2.75) is 12.8 Å². The van der Waals surface area contributed by atoms with Gasteiger partial charge >= 0.3 is 0 Å². The molecular weight excluding hydrogens is 214 g/mol. The van der Waals surface area contributed by atoms with Crippen LogP contribution in [0, 0.1) is 0 Å². The van der Waals surface area contributed by atoms with Crippen LogP contribution in [-0.2, 0) is 6.42 Å². The molecule has 78 valence electrons. The highest BCUT2D eigenvalue weighted by Gasteiger charge is 2.08. The molecule has 0 aliphatic rings. The summed E-state index contributed by atoms with van der Waals surface area (Å²) in [6.07, 6.45) is 3.24. The van der Waals surface area contributed by atoms with Crippen LogP contribution in [0.2, 0.25) is 0 Å². The molecule has 2 rings (SSSR count). The van der Waals surface area contributed by atoms with Crippen LogP contribution in [0.5, 0.6) is 0 Å². The first-order valence-corrected chi connectivity index (χ1v) is 5.23. The molecule has 0 fully saturated rings. The Morgan fingerprint density at radius 1 is 1.27 bits per heavy atom. The molecule has 0 atom stereocenters. The zero-order valence-electron chi connectivity index (χ0n) is 8.06. The number of aromatic nitrogens is 3.